The molecule has 0 unspecified atom stereocenters. The third-order valence-corrected chi connectivity index (χ3v) is 5.01. The molecule has 1 fully saturated rings. The molecular weight excluding hydrogens is 509 g/mol. The Labute approximate surface area is 201 Å². The Morgan fingerprint density at radius 2 is 1.87 bits per heavy atom. The van der Waals surface area contributed by atoms with Crippen LogP contribution in [0, 0.1) is 6.92 Å². The Balaban J connectivity index is 0.00000341. The van der Waals surface area contributed by atoms with Crippen LogP contribution in [0.1, 0.15) is 18.1 Å². The lowest BCUT2D eigenvalue weighted by atomic mass is 10.3. The van der Waals surface area contributed by atoms with Crippen LogP contribution in [0.4, 0.5) is 0 Å². The molecule has 0 saturated carbocycles. The molecule has 2 aromatic rings. The van der Waals surface area contributed by atoms with Crippen LogP contribution in [0.25, 0.3) is 0 Å². The minimum atomic E-state index is 0. The maximum absolute atomic E-state index is 5.76. The van der Waals surface area contributed by atoms with Crippen molar-refractivity contribution in [3.05, 3.63) is 42.0 Å². The molecule has 31 heavy (non-hydrogen) atoms. The smallest absolute Gasteiger partial charge is 0.191 e. The summed E-state index contributed by atoms with van der Waals surface area (Å²) in [5, 5.41) is 15.1. The third-order valence-electron chi connectivity index (χ3n) is 5.01. The molecule has 1 aliphatic rings. The fraction of sp³-hybridized carbons (Fsp3) is 0.571. The summed E-state index contributed by atoms with van der Waals surface area (Å²) >= 11 is 0. The maximum Gasteiger partial charge on any atom is 0.191 e. The van der Waals surface area contributed by atoms with Crippen LogP contribution in [0.3, 0.4) is 0 Å². The highest BCUT2D eigenvalue weighted by molar-refractivity contribution is 14.0. The SMILES string of the molecule is Cc1nnc(CN=C(NCCCOc2ccccc2)NCCN2CCOCC2)n1C.I. The second-order valence-corrected chi connectivity index (χ2v) is 7.21. The lowest BCUT2D eigenvalue weighted by Crippen LogP contribution is -2.44. The lowest BCUT2D eigenvalue weighted by Gasteiger charge is -2.26. The Morgan fingerprint density at radius 3 is 2.58 bits per heavy atom. The summed E-state index contributed by atoms with van der Waals surface area (Å²) in [4.78, 5) is 7.09. The first kappa shape index (κ1) is 25.3. The lowest BCUT2D eigenvalue weighted by molar-refractivity contribution is 0.0389. The van der Waals surface area contributed by atoms with E-state index in [2.05, 4.69) is 25.7 Å². The molecule has 1 aromatic carbocycles. The van der Waals surface area contributed by atoms with Crippen molar-refractivity contribution in [3.8, 4) is 5.75 Å². The van der Waals surface area contributed by atoms with Gasteiger partial charge in [-0.3, -0.25) is 4.90 Å². The Morgan fingerprint density at radius 1 is 1.13 bits per heavy atom. The largest absolute Gasteiger partial charge is 0.494 e. The summed E-state index contributed by atoms with van der Waals surface area (Å²) in [6, 6.07) is 9.88. The third kappa shape index (κ3) is 8.99. The molecule has 10 heteroatoms. The number of halogens is 1. The van der Waals surface area contributed by atoms with Crippen molar-refractivity contribution >= 4 is 29.9 Å². The van der Waals surface area contributed by atoms with Crippen LogP contribution in [0.15, 0.2) is 35.3 Å². The van der Waals surface area contributed by atoms with Gasteiger partial charge < -0.3 is 24.7 Å². The van der Waals surface area contributed by atoms with Gasteiger partial charge in [0.25, 0.3) is 0 Å². The normalized spacial score (nSPS) is 14.7. The van der Waals surface area contributed by atoms with Gasteiger partial charge in [0, 0.05) is 39.8 Å². The minimum Gasteiger partial charge on any atom is -0.494 e. The molecule has 9 nitrogen and oxygen atoms in total. The summed E-state index contributed by atoms with van der Waals surface area (Å²) < 4.78 is 13.1. The number of guanidine groups is 1. The number of aromatic nitrogens is 3. The van der Waals surface area contributed by atoms with E-state index < -0.39 is 0 Å². The number of nitrogens with one attached hydrogen (secondary N) is 2. The van der Waals surface area contributed by atoms with E-state index in [0.717, 1.165) is 75.7 Å². The van der Waals surface area contributed by atoms with Gasteiger partial charge in [-0.1, -0.05) is 18.2 Å². The molecule has 1 aliphatic heterocycles. The van der Waals surface area contributed by atoms with E-state index in [-0.39, 0.29) is 24.0 Å². The van der Waals surface area contributed by atoms with Crippen molar-refractivity contribution < 1.29 is 9.47 Å². The summed E-state index contributed by atoms with van der Waals surface area (Å²) in [5.41, 5.74) is 0. The number of morpholine rings is 1. The maximum atomic E-state index is 5.76. The van der Waals surface area contributed by atoms with Gasteiger partial charge in [0.15, 0.2) is 11.8 Å². The molecule has 0 bridgehead atoms. The number of aliphatic imine (C=N–C) groups is 1. The van der Waals surface area contributed by atoms with Gasteiger partial charge in [0.1, 0.15) is 18.1 Å². The molecule has 1 aromatic heterocycles. The molecule has 0 aliphatic carbocycles. The second-order valence-electron chi connectivity index (χ2n) is 7.21. The van der Waals surface area contributed by atoms with E-state index in [1.54, 1.807) is 0 Å². The van der Waals surface area contributed by atoms with E-state index in [1.165, 1.54) is 0 Å². The Kier molecular flexibility index (Phi) is 11.6. The van der Waals surface area contributed by atoms with E-state index in [9.17, 15) is 0 Å². The molecule has 172 valence electrons. The number of nitrogens with zero attached hydrogens (tertiary/aromatic N) is 5. The van der Waals surface area contributed by atoms with Gasteiger partial charge in [-0.2, -0.15) is 0 Å². The van der Waals surface area contributed by atoms with Gasteiger partial charge in [0.05, 0.1) is 19.8 Å². The van der Waals surface area contributed by atoms with Crippen LogP contribution in [-0.2, 0) is 18.3 Å². The van der Waals surface area contributed by atoms with Crippen molar-refractivity contribution in [2.45, 2.75) is 19.9 Å². The van der Waals surface area contributed by atoms with Crippen molar-refractivity contribution in [2.24, 2.45) is 12.0 Å². The van der Waals surface area contributed by atoms with E-state index in [4.69, 9.17) is 14.5 Å². The first-order valence-corrected chi connectivity index (χ1v) is 10.6. The first-order valence-electron chi connectivity index (χ1n) is 10.6. The highest BCUT2D eigenvalue weighted by atomic mass is 127. The molecular formula is C21H34IN7O2. The molecule has 0 radical (unpaired) electrons. The standard InChI is InChI=1S/C21H33N7O2.HI/c1-18-25-26-20(27(18)2)17-24-21(23-10-11-28-12-15-29-16-13-28)22-9-6-14-30-19-7-4-3-5-8-19;/h3-5,7-8H,6,9-17H2,1-2H3,(H2,22,23,24);1H. The van der Waals surface area contributed by atoms with Gasteiger partial charge in [-0.25, -0.2) is 4.99 Å². The van der Waals surface area contributed by atoms with Crippen LogP contribution in [0.5, 0.6) is 5.75 Å². The van der Waals surface area contributed by atoms with Crippen LogP contribution < -0.4 is 15.4 Å². The van der Waals surface area contributed by atoms with Crippen LogP contribution in [0.2, 0.25) is 0 Å². The number of ether oxygens (including phenoxy) is 2. The fourth-order valence-electron chi connectivity index (χ4n) is 3.06. The average molecular weight is 543 g/mol. The predicted octanol–water partition coefficient (Wildman–Crippen LogP) is 1.58. The molecule has 0 amide bonds. The number of para-hydroxylation sites is 1. The number of rotatable bonds is 10. The van der Waals surface area contributed by atoms with E-state index in [0.29, 0.717) is 13.2 Å². The summed E-state index contributed by atoms with van der Waals surface area (Å²) in [5.74, 6) is 3.40. The summed E-state index contributed by atoms with van der Waals surface area (Å²) in [6.07, 6.45) is 0.877. The van der Waals surface area contributed by atoms with Crippen molar-refractivity contribution in [3.63, 3.8) is 0 Å². The highest BCUT2D eigenvalue weighted by Gasteiger charge is 2.10. The van der Waals surface area contributed by atoms with Crippen molar-refractivity contribution in [1.29, 1.82) is 0 Å². The minimum absolute atomic E-state index is 0. The topological polar surface area (TPSA) is 88.8 Å². The zero-order chi connectivity index (χ0) is 21.0. The molecule has 1 saturated heterocycles. The number of hydrogen-bond donors (Lipinski definition) is 2. The zero-order valence-electron chi connectivity index (χ0n) is 18.4. The number of aryl methyl sites for hydroxylation is 1. The van der Waals surface area contributed by atoms with Gasteiger partial charge in [-0.05, 0) is 25.5 Å². The Bertz CT molecular complexity index is 779. The molecule has 0 atom stereocenters. The van der Waals surface area contributed by atoms with Crippen LogP contribution in [-0.4, -0.2) is 78.2 Å². The number of benzene rings is 1. The molecule has 0 spiro atoms. The van der Waals surface area contributed by atoms with Crippen molar-refractivity contribution in [1.82, 2.24) is 30.3 Å². The molecule has 3 rings (SSSR count). The molecule has 2 heterocycles. The quantitative estimate of drug-likeness (QED) is 0.204. The summed E-state index contributed by atoms with van der Waals surface area (Å²) in [7, 11) is 1.96. The molecule has 2 N–H and O–H groups in total. The van der Waals surface area contributed by atoms with Gasteiger partial charge >= 0.3 is 0 Å². The van der Waals surface area contributed by atoms with E-state index in [1.807, 2.05) is 48.9 Å². The van der Waals surface area contributed by atoms with Gasteiger partial charge in [0.2, 0.25) is 0 Å². The predicted molar refractivity (Wildman–Crippen MR) is 132 cm³/mol. The highest BCUT2D eigenvalue weighted by Crippen LogP contribution is 2.08. The van der Waals surface area contributed by atoms with Crippen LogP contribution >= 0.6 is 24.0 Å². The first-order chi connectivity index (χ1) is 14.7. The van der Waals surface area contributed by atoms with Crippen molar-refractivity contribution in [2.75, 3.05) is 52.5 Å². The summed E-state index contributed by atoms with van der Waals surface area (Å²) in [6.45, 7) is 9.21. The van der Waals surface area contributed by atoms with E-state index >= 15 is 0 Å². The fourth-order valence-corrected chi connectivity index (χ4v) is 3.06. The Hall–Kier alpha value is -1.92. The van der Waals surface area contributed by atoms with Gasteiger partial charge in [-0.15, -0.1) is 34.2 Å². The second kappa shape index (κ2) is 14.2. The average Bonchev–Trinajstić information content (AvgIpc) is 3.10. The zero-order valence-corrected chi connectivity index (χ0v) is 20.7. The number of hydrogen-bond acceptors (Lipinski definition) is 6. The monoisotopic (exact) mass is 543 g/mol.